The molecule has 4 heterocycles. The quantitative estimate of drug-likeness (QED) is 0.837. The van der Waals surface area contributed by atoms with Gasteiger partial charge in [0.15, 0.2) is 5.82 Å². The van der Waals surface area contributed by atoms with Gasteiger partial charge in [-0.3, -0.25) is 4.79 Å². The van der Waals surface area contributed by atoms with Crippen LogP contribution in [0, 0.1) is 5.92 Å². The molecule has 7 nitrogen and oxygen atoms in total. The van der Waals surface area contributed by atoms with E-state index in [4.69, 9.17) is 14.0 Å². The van der Waals surface area contributed by atoms with Gasteiger partial charge in [0.2, 0.25) is 11.8 Å². The first kappa shape index (κ1) is 16.0. The number of carbonyl (C=O) groups excluding carboxylic acids is 1. The lowest BCUT2D eigenvalue weighted by Gasteiger charge is -2.26. The lowest BCUT2D eigenvalue weighted by atomic mass is 9.99. The molecule has 3 saturated heterocycles. The van der Waals surface area contributed by atoms with Crippen LogP contribution in [-0.2, 0) is 14.3 Å². The molecule has 1 aromatic rings. The Kier molecular flexibility index (Phi) is 4.80. The number of aromatic nitrogens is 2. The fourth-order valence-electron chi connectivity index (χ4n) is 3.90. The molecule has 0 aliphatic carbocycles. The van der Waals surface area contributed by atoms with Crippen molar-refractivity contribution < 1.29 is 18.8 Å². The van der Waals surface area contributed by atoms with Crippen molar-refractivity contribution in [3.05, 3.63) is 11.7 Å². The first-order valence-electron chi connectivity index (χ1n) is 9.09. The molecule has 1 unspecified atom stereocenters. The fourth-order valence-corrected chi connectivity index (χ4v) is 3.90. The van der Waals surface area contributed by atoms with Crippen molar-refractivity contribution in [3.63, 3.8) is 0 Å². The van der Waals surface area contributed by atoms with Gasteiger partial charge < -0.3 is 18.9 Å². The average Bonchev–Trinajstić information content (AvgIpc) is 3.32. The highest BCUT2D eigenvalue weighted by atomic mass is 16.5. The summed E-state index contributed by atoms with van der Waals surface area (Å²) in [6.45, 7) is 4.43. The van der Waals surface area contributed by atoms with E-state index in [-0.39, 0.29) is 17.7 Å². The van der Waals surface area contributed by atoms with E-state index < -0.39 is 0 Å². The molecule has 7 heteroatoms. The lowest BCUT2D eigenvalue weighted by molar-refractivity contribution is -0.137. The van der Waals surface area contributed by atoms with Crippen molar-refractivity contribution in [1.82, 2.24) is 15.0 Å². The van der Waals surface area contributed by atoms with Gasteiger partial charge in [0.25, 0.3) is 0 Å². The highest BCUT2D eigenvalue weighted by molar-refractivity contribution is 5.79. The Morgan fingerprint density at radius 2 is 1.67 bits per heavy atom. The van der Waals surface area contributed by atoms with Gasteiger partial charge in [-0.05, 0) is 32.1 Å². The molecule has 0 bridgehead atoms. The maximum Gasteiger partial charge on any atom is 0.231 e. The van der Waals surface area contributed by atoms with Crippen molar-refractivity contribution in [2.24, 2.45) is 5.92 Å². The minimum atomic E-state index is 0.123. The van der Waals surface area contributed by atoms with E-state index in [9.17, 15) is 4.79 Å². The Morgan fingerprint density at radius 3 is 2.42 bits per heavy atom. The number of rotatable bonds is 3. The van der Waals surface area contributed by atoms with Crippen LogP contribution >= 0.6 is 0 Å². The minimum Gasteiger partial charge on any atom is -0.381 e. The third-order valence-electron chi connectivity index (χ3n) is 5.46. The molecule has 132 valence electrons. The van der Waals surface area contributed by atoms with Gasteiger partial charge in [-0.2, -0.15) is 4.98 Å². The molecule has 1 atom stereocenters. The smallest absolute Gasteiger partial charge is 0.231 e. The Hall–Kier alpha value is -1.47. The summed E-state index contributed by atoms with van der Waals surface area (Å²) in [5, 5.41) is 4.18. The van der Waals surface area contributed by atoms with Crippen molar-refractivity contribution in [2.75, 3.05) is 39.5 Å². The molecule has 24 heavy (non-hydrogen) atoms. The number of amides is 1. The number of hydrogen-bond acceptors (Lipinski definition) is 6. The summed E-state index contributed by atoms with van der Waals surface area (Å²) < 4.78 is 16.3. The van der Waals surface area contributed by atoms with Crippen molar-refractivity contribution in [1.29, 1.82) is 0 Å². The van der Waals surface area contributed by atoms with Gasteiger partial charge in [0.1, 0.15) is 0 Å². The molecule has 3 aliphatic rings. The van der Waals surface area contributed by atoms with Gasteiger partial charge >= 0.3 is 0 Å². The Balaban J connectivity index is 1.36. The summed E-state index contributed by atoms with van der Waals surface area (Å²) in [6, 6.07) is 0. The van der Waals surface area contributed by atoms with Gasteiger partial charge in [-0.15, -0.1) is 0 Å². The van der Waals surface area contributed by atoms with Crippen LogP contribution in [0.2, 0.25) is 0 Å². The summed E-state index contributed by atoms with van der Waals surface area (Å²) in [5.74, 6) is 2.41. The fraction of sp³-hybridized carbons (Fsp3) is 0.824. The normalized spacial score (nSPS) is 26.8. The second-order valence-corrected chi connectivity index (χ2v) is 7.03. The zero-order valence-corrected chi connectivity index (χ0v) is 14.0. The molecule has 3 aliphatic heterocycles. The van der Waals surface area contributed by atoms with Gasteiger partial charge in [-0.25, -0.2) is 0 Å². The van der Waals surface area contributed by atoms with E-state index in [1.54, 1.807) is 0 Å². The molecule has 1 amide bonds. The molecule has 0 aromatic carbocycles. The van der Waals surface area contributed by atoms with E-state index in [1.807, 2.05) is 4.90 Å². The summed E-state index contributed by atoms with van der Waals surface area (Å²) in [7, 11) is 0. The zero-order valence-electron chi connectivity index (χ0n) is 14.0. The largest absolute Gasteiger partial charge is 0.381 e. The van der Waals surface area contributed by atoms with Crippen LogP contribution in [0.3, 0.4) is 0 Å². The predicted molar refractivity (Wildman–Crippen MR) is 84.6 cm³/mol. The van der Waals surface area contributed by atoms with Crippen LogP contribution in [0.5, 0.6) is 0 Å². The molecule has 4 rings (SSSR count). The molecule has 1 aromatic heterocycles. The van der Waals surface area contributed by atoms with Crippen molar-refractivity contribution in [3.8, 4) is 0 Å². The molecule has 0 saturated carbocycles. The maximum atomic E-state index is 12.6. The SMILES string of the molecule is O=C(C1CCOCC1)N1CCC(c2nc(C3CCOCC3)no2)C1. The number of carbonyl (C=O) groups is 1. The summed E-state index contributed by atoms with van der Waals surface area (Å²) >= 11 is 0. The lowest BCUT2D eigenvalue weighted by Crippen LogP contribution is -2.37. The van der Waals surface area contributed by atoms with Crippen LogP contribution < -0.4 is 0 Å². The summed E-state index contributed by atoms with van der Waals surface area (Å²) in [6.07, 6.45) is 4.50. The van der Waals surface area contributed by atoms with Crippen LogP contribution in [0.4, 0.5) is 0 Å². The Bertz CT molecular complexity index is 564. The number of ether oxygens (including phenoxy) is 2. The monoisotopic (exact) mass is 335 g/mol. The van der Waals surface area contributed by atoms with Crippen molar-refractivity contribution >= 4 is 5.91 Å². The van der Waals surface area contributed by atoms with Gasteiger partial charge in [-0.1, -0.05) is 5.16 Å². The highest BCUT2D eigenvalue weighted by Gasteiger charge is 2.35. The minimum absolute atomic E-state index is 0.123. The molecule has 0 spiro atoms. The Labute approximate surface area is 141 Å². The maximum absolute atomic E-state index is 12.6. The number of likely N-dealkylation sites (tertiary alicyclic amines) is 1. The van der Waals surface area contributed by atoms with E-state index in [0.717, 1.165) is 57.7 Å². The second-order valence-electron chi connectivity index (χ2n) is 7.03. The third kappa shape index (κ3) is 3.32. The third-order valence-corrected chi connectivity index (χ3v) is 5.46. The van der Waals surface area contributed by atoms with E-state index in [0.29, 0.717) is 31.6 Å². The highest BCUT2D eigenvalue weighted by Crippen LogP contribution is 2.31. The first-order valence-corrected chi connectivity index (χ1v) is 9.09. The van der Waals surface area contributed by atoms with Gasteiger partial charge in [0.05, 0.1) is 5.92 Å². The average molecular weight is 335 g/mol. The zero-order chi connectivity index (χ0) is 16.4. The first-order chi connectivity index (χ1) is 11.8. The van der Waals surface area contributed by atoms with Crippen molar-refractivity contribution in [2.45, 2.75) is 43.9 Å². The van der Waals surface area contributed by atoms with Crippen LogP contribution in [0.15, 0.2) is 4.52 Å². The van der Waals surface area contributed by atoms with E-state index in [2.05, 4.69) is 10.1 Å². The molecule has 0 N–H and O–H groups in total. The number of hydrogen-bond donors (Lipinski definition) is 0. The summed E-state index contributed by atoms with van der Waals surface area (Å²) in [5.41, 5.74) is 0. The van der Waals surface area contributed by atoms with Crippen LogP contribution in [0.25, 0.3) is 0 Å². The van der Waals surface area contributed by atoms with E-state index in [1.165, 1.54) is 0 Å². The standard InChI is InChI=1S/C17H25N3O4/c21-17(13-4-9-23-10-5-13)20-6-1-14(11-20)16-18-15(19-24-16)12-2-7-22-8-3-12/h12-14H,1-11H2. The molecule has 3 fully saturated rings. The van der Waals surface area contributed by atoms with E-state index >= 15 is 0 Å². The second kappa shape index (κ2) is 7.19. The molecular formula is C17H25N3O4. The summed E-state index contributed by atoms with van der Waals surface area (Å²) in [4.78, 5) is 19.2. The van der Waals surface area contributed by atoms with Crippen LogP contribution in [0.1, 0.15) is 55.7 Å². The van der Waals surface area contributed by atoms with Gasteiger partial charge in [0, 0.05) is 51.4 Å². The van der Waals surface area contributed by atoms with Crippen LogP contribution in [-0.4, -0.2) is 60.5 Å². The predicted octanol–water partition coefficient (Wildman–Crippen LogP) is 1.71. The topological polar surface area (TPSA) is 77.7 Å². The molecule has 0 radical (unpaired) electrons. The number of nitrogens with zero attached hydrogens (tertiary/aromatic N) is 3. The molecular weight excluding hydrogens is 310 g/mol. The Morgan fingerprint density at radius 1 is 0.958 bits per heavy atom.